The van der Waals surface area contributed by atoms with E-state index in [4.69, 9.17) is 0 Å². The first-order chi connectivity index (χ1) is 10.7. The van der Waals surface area contributed by atoms with Crippen molar-refractivity contribution < 1.29 is 5.11 Å². The van der Waals surface area contributed by atoms with E-state index >= 15 is 0 Å². The van der Waals surface area contributed by atoms with Gasteiger partial charge in [-0.15, -0.1) is 0 Å². The molecule has 0 saturated carbocycles. The van der Waals surface area contributed by atoms with Crippen LogP contribution in [0.5, 0.6) is 0 Å². The molecule has 1 N–H and O–H groups in total. The van der Waals surface area contributed by atoms with Crippen LogP contribution in [0.3, 0.4) is 0 Å². The molecule has 118 valence electrons. The van der Waals surface area contributed by atoms with Gasteiger partial charge in [0.05, 0.1) is 6.10 Å². The third-order valence-electron chi connectivity index (χ3n) is 4.44. The number of hydrogen-bond donors (Lipinski definition) is 1. The molecule has 1 aliphatic rings. The quantitative estimate of drug-likeness (QED) is 0.887. The minimum Gasteiger partial charge on any atom is -0.391 e. The molecule has 4 heteroatoms. The lowest BCUT2D eigenvalue weighted by atomic mass is 9.98. The van der Waals surface area contributed by atoms with Crippen molar-refractivity contribution in [3.8, 4) is 0 Å². The highest BCUT2D eigenvalue weighted by Crippen LogP contribution is 2.19. The summed E-state index contributed by atoms with van der Waals surface area (Å²) in [5.41, 5.74) is 1.20. The average Bonchev–Trinajstić information content (AvgIpc) is 2.95. The van der Waals surface area contributed by atoms with Crippen molar-refractivity contribution >= 4 is 0 Å². The second-order valence-corrected chi connectivity index (χ2v) is 6.47. The first-order valence-electron chi connectivity index (χ1n) is 8.11. The van der Waals surface area contributed by atoms with Gasteiger partial charge in [0.1, 0.15) is 5.82 Å². The van der Waals surface area contributed by atoms with Gasteiger partial charge < -0.3 is 14.6 Å². The molecule has 0 amide bonds. The van der Waals surface area contributed by atoms with E-state index in [1.165, 1.54) is 17.8 Å². The Morgan fingerprint density at radius 3 is 3.00 bits per heavy atom. The standard InChI is InChI=1S/C18H25N3O/c1-20(14-17(22)11-15-5-3-2-4-6-15)12-16-7-8-18-19-9-10-21(18)13-16/h2-6,9-10,16-17,22H,7-8,11-14H2,1H3/t16-,17-/m1/s1. The van der Waals surface area contributed by atoms with Crippen LogP contribution in [0.2, 0.25) is 0 Å². The minimum absolute atomic E-state index is 0.306. The molecule has 0 bridgehead atoms. The molecule has 22 heavy (non-hydrogen) atoms. The van der Waals surface area contributed by atoms with Gasteiger partial charge in [-0.2, -0.15) is 0 Å². The molecule has 2 atom stereocenters. The van der Waals surface area contributed by atoms with Gasteiger partial charge in [0.2, 0.25) is 0 Å². The molecule has 1 aliphatic heterocycles. The van der Waals surface area contributed by atoms with Crippen LogP contribution in [-0.4, -0.2) is 45.8 Å². The fourth-order valence-corrected chi connectivity index (χ4v) is 3.41. The lowest BCUT2D eigenvalue weighted by Crippen LogP contribution is -2.36. The Balaban J connectivity index is 1.45. The predicted molar refractivity (Wildman–Crippen MR) is 87.7 cm³/mol. The van der Waals surface area contributed by atoms with Crippen molar-refractivity contribution in [3.63, 3.8) is 0 Å². The highest BCUT2D eigenvalue weighted by Gasteiger charge is 2.20. The van der Waals surface area contributed by atoms with Gasteiger partial charge in [-0.1, -0.05) is 30.3 Å². The van der Waals surface area contributed by atoms with E-state index in [0.29, 0.717) is 5.92 Å². The summed E-state index contributed by atoms with van der Waals surface area (Å²) < 4.78 is 2.27. The van der Waals surface area contributed by atoms with Gasteiger partial charge >= 0.3 is 0 Å². The highest BCUT2D eigenvalue weighted by atomic mass is 16.3. The Bertz CT molecular complexity index is 581. The van der Waals surface area contributed by atoms with Crippen molar-refractivity contribution in [1.29, 1.82) is 0 Å². The van der Waals surface area contributed by atoms with Gasteiger partial charge in [-0.3, -0.25) is 0 Å². The van der Waals surface area contributed by atoms with E-state index in [1.54, 1.807) is 0 Å². The topological polar surface area (TPSA) is 41.3 Å². The number of aliphatic hydroxyl groups excluding tert-OH is 1. The largest absolute Gasteiger partial charge is 0.391 e. The predicted octanol–water partition coefficient (Wildman–Crippen LogP) is 1.98. The maximum atomic E-state index is 10.3. The monoisotopic (exact) mass is 299 g/mol. The van der Waals surface area contributed by atoms with Crippen molar-refractivity contribution in [2.75, 3.05) is 20.1 Å². The van der Waals surface area contributed by atoms with Crippen LogP contribution in [0.15, 0.2) is 42.7 Å². The minimum atomic E-state index is -0.306. The summed E-state index contributed by atoms with van der Waals surface area (Å²) in [6.07, 6.45) is 6.65. The molecule has 1 aromatic heterocycles. The SMILES string of the molecule is CN(C[C@H](O)Cc1ccccc1)C[C@H]1CCc2nccn2C1. The second kappa shape index (κ2) is 7.07. The average molecular weight is 299 g/mol. The molecule has 0 aliphatic carbocycles. The normalized spacial score (nSPS) is 19.1. The summed E-state index contributed by atoms with van der Waals surface area (Å²) in [5.74, 6) is 1.86. The number of hydrogen-bond acceptors (Lipinski definition) is 3. The zero-order valence-electron chi connectivity index (χ0n) is 13.2. The first-order valence-corrected chi connectivity index (χ1v) is 8.11. The molecular weight excluding hydrogens is 274 g/mol. The molecule has 2 heterocycles. The van der Waals surface area contributed by atoms with Gasteiger partial charge in [-0.25, -0.2) is 4.98 Å². The third-order valence-corrected chi connectivity index (χ3v) is 4.44. The summed E-state index contributed by atoms with van der Waals surface area (Å²) in [6.45, 7) is 2.81. The van der Waals surface area contributed by atoms with E-state index < -0.39 is 0 Å². The highest BCUT2D eigenvalue weighted by molar-refractivity contribution is 5.15. The Morgan fingerprint density at radius 2 is 2.18 bits per heavy atom. The van der Waals surface area contributed by atoms with Crippen LogP contribution in [-0.2, 0) is 19.4 Å². The zero-order valence-corrected chi connectivity index (χ0v) is 13.2. The van der Waals surface area contributed by atoms with Crippen molar-refractivity contribution in [3.05, 3.63) is 54.1 Å². The summed E-state index contributed by atoms with van der Waals surface area (Å²) in [5, 5.41) is 10.3. The van der Waals surface area contributed by atoms with E-state index in [2.05, 4.69) is 39.8 Å². The van der Waals surface area contributed by atoms with Gasteiger partial charge in [-0.05, 0) is 31.4 Å². The number of fused-ring (bicyclic) bond motifs is 1. The molecular formula is C18H25N3O. The fraction of sp³-hybridized carbons (Fsp3) is 0.500. The van der Waals surface area contributed by atoms with E-state index in [-0.39, 0.29) is 6.10 Å². The Morgan fingerprint density at radius 1 is 1.36 bits per heavy atom. The number of imidazole rings is 1. The molecule has 0 unspecified atom stereocenters. The lowest BCUT2D eigenvalue weighted by Gasteiger charge is -2.29. The van der Waals surface area contributed by atoms with Crippen LogP contribution in [0.25, 0.3) is 0 Å². The maximum Gasteiger partial charge on any atom is 0.108 e. The Hall–Kier alpha value is -1.65. The van der Waals surface area contributed by atoms with Crippen LogP contribution >= 0.6 is 0 Å². The lowest BCUT2D eigenvalue weighted by molar-refractivity contribution is 0.112. The zero-order chi connectivity index (χ0) is 15.4. The maximum absolute atomic E-state index is 10.3. The summed E-state index contributed by atoms with van der Waals surface area (Å²) in [7, 11) is 2.11. The van der Waals surface area contributed by atoms with Gasteiger partial charge in [0, 0.05) is 38.4 Å². The van der Waals surface area contributed by atoms with E-state index in [9.17, 15) is 5.11 Å². The molecule has 4 nitrogen and oxygen atoms in total. The van der Waals surface area contributed by atoms with Crippen molar-refractivity contribution in [2.24, 2.45) is 5.92 Å². The van der Waals surface area contributed by atoms with Crippen LogP contribution in [0, 0.1) is 5.92 Å². The number of likely N-dealkylation sites (N-methyl/N-ethyl adjacent to an activating group) is 1. The van der Waals surface area contributed by atoms with Crippen molar-refractivity contribution in [1.82, 2.24) is 14.5 Å². The Kier molecular flexibility index (Phi) is 4.90. The van der Waals surface area contributed by atoms with E-state index in [1.807, 2.05) is 24.4 Å². The second-order valence-electron chi connectivity index (χ2n) is 6.47. The first kappa shape index (κ1) is 15.3. The molecule has 3 rings (SSSR count). The van der Waals surface area contributed by atoms with Crippen molar-refractivity contribution in [2.45, 2.75) is 31.9 Å². The fourth-order valence-electron chi connectivity index (χ4n) is 3.41. The number of aliphatic hydroxyl groups is 1. The smallest absolute Gasteiger partial charge is 0.108 e. The number of nitrogens with zero attached hydrogens (tertiary/aromatic N) is 3. The molecule has 0 fully saturated rings. The number of rotatable bonds is 6. The number of aryl methyl sites for hydroxylation is 1. The number of aromatic nitrogens is 2. The molecule has 1 aromatic carbocycles. The van der Waals surface area contributed by atoms with Crippen LogP contribution < -0.4 is 0 Å². The van der Waals surface area contributed by atoms with Gasteiger partial charge in [0.15, 0.2) is 0 Å². The summed E-state index contributed by atoms with van der Waals surface area (Å²) in [6, 6.07) is 10.2. The van der Waals surface area contributed by atoms with Crippen LogP contribution in [0.4, 0.5) is 0 Å². The third kappa shape index (κ3) is 3.96. The molecule has 0 saturated heterocycles. The number of benzene rings is 1. The van der Waals surface area contributed by atoms with Gasteiger partial charge in [0.25, 0.3) is 0 Å². The summed E-state index contributed by atoms with van der Waals surface area (Å²) in [4.78, 5) is 6.64. The summed E-state index contributed by atoms with van der Waals surface area (Å²) >= 11 is 0. The molecule has 2 aromatic rings. The van der Waals surface area contributed by atoms with Crippen LogP contribution in [0.1, 0.15) is 17.8 Å². The molecule has 0 radical (unpaired) electrons. The van der Waals surface area contributed by atoms with E-state index in [0.717, 1.165) is 32.5 Å². The molecule has 0 spiro atoms. The Labute approximate surface area is 132 Å².